The van der Waals surface area contributed by atoms with Crippen LogP contribution in [0.5, 0.6) is 5.75 Å². The maximum atomic E-state index is 5.63. The topological polar surface area (TPSA) is 39.1 Å². The van der Waals surface area contributed by atoms with E-state index >= 15 is 0 Å². The first-order valence-corrected chi connectivity index (χ1v) is 4.78. The molecule has 0 amide bonds. The van der Waals surface area contributed by atoms with E-state index in [4.69, 9.17) is 4.74 Å². The van der Waals surface area contributed by atoms with Crippen LogP contribution in [0.3, 0.4) is 0 Å². The van der Waals surface area contributed by atoms with Crippen molar-refractivity contribution in [2.45, 2.75) is 26.0 Å². The highest BCUT2D eigenvalue weighted by Gasteiger charge is 2.18. The van der Waals surface area contributed by atoms with Gasteiger partial charge in [0.05, 0.1) is 12.4 Å². The minimum absolute atomic E-state index is 0. The van der Waals surface area contributed by atoms with Crippen LogP contribution in [0, 0.1) is 0 Å². The van der Waals surface area contributed by atoms with Crippen molar-refractivity contribution in [2.24, 2.45) is 0 Å². The highest BCUT2D eigenvalue weighted by molar-refractivity contribution is 5.85. The van der Waals surface area contributed by atoms with Gasteiger partial charge in [0, 0.05) is 19.6 Å². The Morgan fingerprint density at radius 1 is 1.64 bits per heavy atom. The lowest BCUT2D eigenvalue weighted by molar-refractivity contribution is 0.142. The normalized spacial score (nSPS) is 15.8. The van der Waals surface area contributed by atoms with Crippen molar-refractivity contribution in [1.29, 1.82) is 0 Å². The maximum Gasteiger partial charge on any atom is 0.157 e. The molecular formula is C9H16ClN3O. The molecule has 2 rings (SSSR count). The third-order valence-corrected chi connectivity index (χ3v) is 2.11. The van der Waals surface area contributed by atoms with E-state index in [1.807, 2.05) is 10.9 Å². The highest BCUT2D eigenvalue weighted by Crippen LogP contribution is 2.12. The number of hydrogen-bond donors (Lipinski definition) is 1. The highest BCUT2D eigenvalue weighted by atomic mass is 35.5. The van der Waals surface area contributed by atoms with Gasteiger partial charge in [0.2, 0.25) is 0 Å². The third kappa shape index (κ3) is 2.62. The van der Waals surface area contributed by atoms with Gasteiger partial charge in [-0.3, -0.25) is 4.68 Å². The Morgan fingerprint density at radius 3 is 3.00 bits per heavy atom. The molecule has 0 aromatic carbocycles. The smallest absolute Gasteiger partial charge is 0.157 e. The van der Waals surface area contributed by atoms with Gasteiger partial charge in [0.25, 0.3) is 0 Å². The van der Waals surface area contributed by atoms with Crippen molar-refractivity contribution in [3.63, 3.8) is 0 Å². The van der Waals surface area contributed by atoms with E-state index in [-0.39, 0.29) is 12.4 Å². The van der Waals surface area contributed by atoms with Crippen LogP contribution in [-0.4, -0.2) is 29.0 Å². The van der Waals surface area contributed by atoms with Gasteiger partial charge in [-0.15, -0.1) is 12.4 Å². The third-order valence-electron chi connectivity index (χ3n) is 2.11. The second-order valence-corrected chi connectivity index (χ2v) is 3.34. The summed E-state index contributed by atoms with van der Waals surface area (Å²) in [7, 11) is 0. The monoisotopic (exact) mass is 217 g/mol. The predicted octanol–water partition coefficient (Wildman–Crippen LogP) is 1.07. The number of halogens is 1. The van der Waals surface area contributed by atoms with Gasteiger partial charge in [0.1, 0.15) is 6.10 Å². The van der Waals surface area contributed by atoms with Crippen molar-refractivity contribution < 1.29 is 4.74 Å². The molecule has 1 aromatic heterocycles. The predicted molar refractivity (Wildman–Crippen MR) is 57.1 cm³/mol. The second kappa shape index (κ2) is 5.22. The molecule has 2 heterocycles. The zero-order chi connectivity index (χ0) is 9.10. The van der Waals surface area contributed by atoms with Crippen LogP contribution < -0.4 is 10.1 Å². The molecule has 1 aliphatic heterocycles. The molecule has 0 radical (unpaired) electrons. The van der Waals surface area contributed by atoms with Gasteiger partial charge in [-0.25, -0.2) is 0 Å². The van der Waals surface area contributed by atoms with E-state index in [1.54, 1.807) is 6.20 Å². The molecule has 0 spiro atoms. The van der Waals surface area contributed by atoms with Crippen LogP contribution in [0.25, 0.3) is 0 Å². The molecule has 80 valence electrons. The first-order chi connectivity index (χ1) is 6.38. The molecular weight excluding hydrogens is 202 g/mol. The van der Waals surface area contributed by atoms with Crippen molar-refractivity contribution >= 4 is 12.4 Å². The Bertz CT molecular complexity index is 273. The number of aromatic nitrogens is 2. The molecule has 0 bridgehead atoms. The quantitative estimate of drug-likeness (QED) is 0.820. The molecule has 1 fully saturated rings. The molecule has 4 nitrogen and oxygen atoms in total. The largest absolute Gasteiger partial charge is 0.484 e. The molecule has 0 unspecified atom stereocenters. The summed E-state index contributed by atoms with van der Waals surface area (Å²) in [6.07, 6.45) is 5.20. The summed E-state index contributed by atoms with van der Waals surface area (Å²) >= 11 is 0. The fraction of sp³-hybridized carbons (Fsp3) is 0.667. The van der Waals surface area contributed by atoms with Crippen molar-refractivity contribution in [3.8, 4) is 5.75 Å². The Kier molecular flexibility index (Phi) is 4.22. The number of nitrogens with zero attached hydrogens (tertiary/aromatic N) is 2. The first kappa shape index (κ1) is 11.3. The molecule has 0 saturated carbocycles. The molecule has 1 aliphatic rings. The van der Waals surface area contributed by atoms with Crippen molar-refractivity contribution in [3.05, 3.63) is 12.4 Å². The first-order valence-electron chi connectivity index (χ1n) is 4.78. The van der Waals surface area contributed by atoms with Crippen molar-refractivity contribution in [2.75, 3.05) is 13.1 Å². The molecule has 5 heteroatoms. The van der Waals surface area contributed by atoms with E-state index in [1.165, 1.54) is 0 Å². The Labute approximate surface area is 90.0 Å². The van der Waals surface area contributed by atoms with Gasteiger partial charge >= 0.3 is 0 Å². The molecule has 1 saturated heterocycles. The molecule has 1 aromatic rings. The average molecular weight is 218 g/mol. The van der Waals surface area contributed by atoms with Crippen molar-refractivity contribution in [1.82, 2.24) is 15.1 Å². The van der Waals surface area contributed by atoms with Crippen LogP contribution in [0.2, 0.25) is 0 Å². The number of nitrogens with one attached hydrogen (secondary N) is 1. The Balaban J connectivity index is 0.000000980. The number of hydrogen-bond acceptors (Lipinski definition) is 3. The van der Waals surface area contributed by atoms with Gasteiger partial charge in [-0.05, 0) is 6.42 Å². The molecule has 0 aliphatic carbocycles. The standard InChI is InChI=1S/C9H15N3O.ClH/c1-2-3-12-7-9(6-11-12)13-8-4-10-5-8;/h6-8,10H,2-5H2,1H3;1H. The average Bonchev–Trinajstić information content (AvgIpc) is 2.46. The Hall–Kier alpha value is -0.740. The minimum Gasteiger partial charge on any atom is -0.484 e. The number of rotatable bonds is 4. The molecule has 0 atom stereocenters. The van der Waals surface area contributed by atoms with Crippen LogP contribution >= 0.6 is 12.4 Å². The number of aryl methyl sites for hydroxylation is 1. The van der Waals surface area contributed by atoms with Gasteiger partial charge in [-0.1, -0.05) is 6.92 Å². The fourth-order valence-electron chi connectivity index (χ4n) is 1.29. The van der Waals surface area contributed by atoms with E-state index in [9.17, 15) is 0 Å². The summed E-state index contributed by atoms with van der Waals surface area (Å²) in [4.78, 5) is 0. The summed E-state index contributed by atoms with van der Waals surface area (Å²) in [6.45, 7) is 5.02. The van der Waals surface area contributed by atoms with Crippen LogP contribution in [-0.2, 0) is 6.54 Å². The summed E-state index contributed by atoms with van der Waals surface area (Å²) in [5, 5.41) is 7.35. The van der Waals surface area contributed by atoms with Gasteiger partial charge in [-0.2, -0.15) is 5.10 Å². The maximum absolute atomic E-state index is 5.63. The summed E-state index contributed by atoms with van der Waals surface area (Å²) in [5.41, 5.74) is 0. The van der Waals surface area contributed by atoms with E-state index < -0.39 is 0 Å². The fourth-order valence-corrected chi connectivity index (χ4v) is 1.29. The van der Waals surface area contributed by atoms with Crippen LogP contribution in [0.1, 0.15) is 13.3 Å². The SMILES string of the molecule is CCCn1cc(OC2CNC2)cn1.Cl. The molecule has 1 N–H and O–H groups in total. The summed E-state index contributed by atoms with van der Waals surface area (Å²) in [5.74, 6) is 0.889. The zero-order valence-electron chi connectivity index (χ0n) is 8.27. The van der Waals surface area contributed by atoms with E-state index in [2.05, 4.69) is 17.3 Å². The zero-order valence-corrected chi connectivity index (χ0v) is 9.09. The van der Waals surface area contributed by atoms with E-state index in [0.29, 0.717) is 6.10 Å². The van der Waals surface area contributed by atoms with Gasteiger partial charge in [0.15, 0.2) is 5.75 Å². The lowest BCUT2D eigenvalue weighted by Crippen LogP contribution is -2.50. The van der Waals surface area contributed by atoms with Gasteiger partial charge < -0.3 is 10.1 Å². The Morgan fingerprint density at radius 2 is 2.43 bits per heavy atom. The van der Waals surface area contributed by atoms with E-state index in [0.717, 1.165) is 31.8 Å². The summed E-state index contributed by atoms with van der Waals surface area (Å²) in [6, 6.07) is 0. The van der Waals surface area contributed by atoms with Crippen LogP contribution in [0.4, 0.5) is 0 Å². The lowest BCUT2D eigenvalue weighted by Gasteiger charge is -2.26. The second-order valence-electron chi connectivity index (χ2n) is 3.34. The molecule has 14 heavy (non-hydrogen) atoms. The minimum atomic E-state index is 0. The lowest BCUT2D eigenvalue weighted by atomic mass is 10.2. The number of ether oxygens (including phenoxy) is 1. The van der Waals surface area contributed by atoms with Crippen LogP contribution in [0.15, 0.2) is 12.4 Å². The summed E-state index contributed by atoms with van der Waals surface area (Å²) < 4.78 is 7.55.